The summed E-state index contributed by atoms with van der Waals surface area (Å²) >= 11 is 0. The summed E-state index contributed by atoms with van der Waals surface area (Å²) in [5.74, 6) is 0.159. The third-order valence-electron chi connectivity index (χ3n) is 5.08. The molecule has 122 valence electrons. The molecule has 1 aliphatic heterocycles. The van der Waals surface area contributed by atoms with Gasteiger partial charge in [0, 0.05) is 18.1 Å². The van der Waals surface area contributed by atoms with Crippen molar-refractivity contribution in [2.24, 2.45) is 5.92 Å². The van der Waals surface area contributed by atoms with Gasteiger partial charge in [-0.3, -0.25) is 4.79 Å². The van der Waals surface area contributed by atoms with E-state index in [2.05, 4.69) is 24.1 Å². The second-order valence-electron chi connectivity index (χ2n) is 6.87. The van der Waals surface area contributed by atoms with Crippen molar-refractivity contribution in [1.29, 1.82) is 0 Å². The minimum Gasteiger partial charge on any atom is -0.466 e. The number of carbonyl (C=O) groups excluding carboxylic acids is 1. The SMILES string of the molecule is CCOC(=O)C1CCC(NC2CCN(C(C)C)CC2)CC1. The topological polar surface area (TPSA) is 41.6 Å². The average molecular weight is 296 g/mol. The van der Waals surface area contributed by atoms with Crippen molar-refractivity contribution in [2.45, 2.75) is 77.4 Å². The molecule has 0 amide bonds. The molecule has 21 heavy (non-hydrogen) atoms. The van der Waals surface area contributed by atoms with E-state index in [4.69, 9.17) is 4.74 Å². The smallest absolute Gasteiger partial charge is 0.308 e. The molecule has 1 aliphatic carbocycles. The van der Waals surface area contributed by atoms with Crippen molar-refractivity contribution in [3.8, 4) is 0 Å². The van der Waals surface area contributed by atoms with Gasteiger partial charge in [-0.1, -0.05) is 0 Å². The van der Waals surface area contributed by atoms with Crippen LogP contribution in [0, 0.1) is 5.92 Å². The highest BCUT2D eigenvalue weighted by molar-refractivity contribution is 5.72. The van der Waals surface area contributed by atoms with Crippen LogP contribution in [-0.2, 0) is 9.53 Å². The Morgan fingerprint density at radius 3 is 2.19 bits per heavy atom. The molecule has 4 heteroatoms. The van der Waals surface area contributed by atoms with E-state index in [9.17, 15) is 4.79 Å². The van der Waals surface area contributed by atoms with E-state index in [0.29, 0.717) is 24.7 Å². The molecule has 0 spiro atoms. The Balaban J connectivity index is 1.66. The summed E-state index contributed by atoms with van der Waals surface area (Å²) in [4.78, 5) is 14.3. The molecule has 1 saturated carbocycles. The zero-order valence-corrected chi connectivity index (χ0v) is 13.9. The molecule has 2 aliphatic rings. The van der Waals surface area contributed by atoms with Crippen molar-refractivity contribution in [3.05, 3.63) is 0 Å². The molecule has 1 heterocycles. The van der Waals surface area contributed by atoms with Crippen molar-refractivity contribution < 1.29 is 9.53 Å². The van der Waals surface area contributed by atoms with Crippen LogP contribution in [0.25, 0.3) is 0 Å². The lowest BCUT2D eigenvalue weighted by Crippen LogP contribution is -2.48. The summed E-state index contributed by atoms with van der Waals surface area (Å²) in [5, 5.41) is 3.83. The van der Waals surface area contributed by atoms with Gasteiger partial charge in [0.2, 0.25) is 0 Å². The Labute approximate surface area is 129 Å². The number of hydrogen-bond acceptors (Lipinski definition) is 4. The first-order valence-corrected chi connectivity index (χ1v) is 8.76. The van der Waals surface area contributed by atoms with Gasteiger partial charge in [0.05, 0.1) is 12.5 Å². The molecule has 4 nitrogen and oxygen atoms in total. The predicted molar refractivity (Wildman–Crippen MR) is 85.2 cm³/mol. The standard InChI is InChI=1S/C17H32N2O2/c1-4-21-17(20)14-5-7-15(8-6-14)18-16-9-11-19(12-10-16)13(2)3/h13-16,18H,4-12H2,1-3H3. The van der Waals surface area contributed by atoms with Crippen LogP contribution in [0.2, 0.25) is 0 Å². The molecule has 0 unspecified atom stereocenters. The van der Waals surface area contributed by atoms with Gasteiger partial charge in [0.1, 0.15) is 0 Å². The molecule has 0 atom stereocenters. The van der Waals surface area contributed by atoms with E-state index in [1.54, 1.807) is 0 Å². The second-order valence-corrected chi connectivity index (χ2v) is 6.87. The number of esters is 1. The van der Waals surface area contributed by atoms with Gasteiger partial charge in [-0.25, -0.2) is 0 Å². The van der Waals surface area contributed by atoms with E-state index >= 15 is 0 Å². The number of ether oxygens (including phenoxy) is 1. The third kappa shape index (κ3) is 4.96. The zero-order chi connectivity index (χ0) is 15.2. The van der Waals surface area contributed by atoms with Crippen LogP contribution < -0.4 is 5.32 Å². The number of nitrogens with one attached hydrogen (secondary N) is 1. The van der Waals surface area contributed by atoms with Gasteiger partial charge in [-0.15, -0.1) is 0 Å². The number of carbonyl (C=O) groups is 1. The van der Waals surface area contributed by atoms with E-state index < -0.39 is 0 Å². The third-order valence-corrected chi connectivity index (χ3v) is 5.08. The quantitative estimate of drug-likeness (QED) is 0.792. The van der Waals surface area contributed by atoms with Crippen molar-refractivity contribution in [3.63, 3.8) is 0 Å². The monoisotopic (exact) mass is 296 g/mol. The summed E-state index contributed by atoms with van der Waals surface area (Å²) in [6, 6.07) is 1.95. The lowest BCUT2D eigenvalue weighted by molar-refractivity contribution is -0.149. The van der Waals surface area contributed by atoms with Crippen LogP contribution in [0.1, 0.15) is 59.3 Å². The molecule has 1 saturated heterocycles. The summed E-state index contributed by atoms with van der Waals surface area (Å²) in [6.07, 6.45) is 6.73. The first-order chi connectivity index (χ1) is 10.1. The van der Waals surface area contributed by atoms with Crippen molar-refractivity contribution >= 4 is 5.97 Å². The minimum absolute atomic E-state index is 0.0150. The Morgan fingerprint density at radius 2 is 1.67 bits per heavy atom. The van der Waals surface area contributed by atoms with Crippen LogP contribution in [0.3, 0.4) is 0 Å². The Morgan fingerprint density at radius 1 is 1.10 bits per heavy atom. The zero-order valence-electron chi connectivity index (χ0n) is 13.9. The van der Waals surface area contributed by atoms with Crippen LogP contribution in [0.4, 0.5) is 0 Å². The molecule has 2 rings (SSSR count). The number of likely N-dealkylation sites (tertiary alicyclic amines) is 1. The Hall–Kier alpha value is -0.610. The number of rotatable bonds is 5. The molecule has 0 aromatic rings. The summed E-state index contributed by atoms with van der Waals surface area (Å²) < 4.78 is 5.14. The molecule has 0 radical (unpaired) electrons. The minimum atomic E-state index is 0.0150. The van der Waals surface area contributed by atoms with E-state index in [0.717, 1.165) is 25.7 Å². The van der Waals surface area contributed by atoms with Gasteiger partial charge in [-0.05, 0) is 72.4 Å². The van der Waals surface area contributed by atoms with Crippen LogP contribution in [0.5, 0.6) is 0 Å². The van der Waals surface area contributed by atoms with E-state index in [1.807, 2.05) is 6.92 Å². The molecular weight excluding hydrogens is 264 g/mol. The fourth-order valence-electron chi connectivity index (χ4n) is 3.67. The van der Waals surface area contributed by atoms with Gasteiger partial charge < -0.3 is 15.0 Å². The highest BCUT2D eigenvalue weighted by atomic mass is 16.5. The highest BCUT2D eigenvalue weighted by Crippen LogP contribution is 2.26. The first-order valence-electron chi connectivity index (χ1n) is 8.76. The maximum atomic E-state index is 11.7. The maximum Gasteiger partial charge on any atom is 0.308 e. The number of hydrogen-bond donors (Lipinski definition) is 1. The Kier molecular flexibility index (Phi) is 6.49. The molecular formula is C17H32N2O2. The van der Waals surface area contributed by atoms with Gasteiger partial charge >= 0.3 is 5.97 Å². The van der Waals surface area contributed by atoms with Crippen molar-refractivity contribution in [2.75, 3.05) is 19.7 Å². The normalized spacial score (nSPS) is 28.8. The van der Waals surface area contributed by atoms with Gasteiger partial charge in [0.15, 0.2) is 0 Å². The lowest BCUT2D eigenvalue weighted by atomic mass is 9.85. The predicted octanol–water partition coefficient (Wildman–Crippen LogP) is 2.57. The second kappa shape index (κ2) is 8.14. The van der Waals surface area contributed by atoms with E-state index in [-0.39, 0.29) is 11.9 Å². The van der Waals surface area contributed by atoms with E-state index in [1.165, 1.54) is 25.9 Å². The lowest BCUT2D eigenvalue weighted by Gasteiger charge is -2.38. The first kappa shape index (κ1) is 16.8. The molecule has 0 aromatic carbocycles. The number of nitrogens with zero attached hydrogens (tertiary/aromatic N) is 1. The van der Waals surface area contributed by atoms with Gasteiger partial charge in [0.25, 0.3) is 0 Å². The summed E-state index contributed by atoms with van der Waals surface area (Å²) in [6.45, 7) is 9.38. The van der Waals surface area contributed by atoms with Gasteiger partial charge in [-0.2, -0.15) is 0 Å². The fraction of sp³-hybridized carbons (Fsp3) is 0.941. The molecule has 0 aromatic heterocycles. The van der Waals surface area contributed by atoms with Crippen LogP contribution >= 0.6 is 0 Å². The molecule has 1 N–H and O–H groups in total. The fourth-order valence-corrected chi connectivity index (χ4v) is 3.67. The summed E-state index contributed by atoms with van der Waals surface area (Å²) in [5.41, 5.74) is 0. The number of piperidine rings is 1. The summed E-state index contributed by atoms with van der Waals surface area (Å²) in [7, 11) is 0. The molecule has 0 bridgehead atoms. The largest absolute Gasteiger partial charge is 0.466 e. The van der Waals surface area contributed by atoms with Crippen molar-refractivity contribution in [1.82, 2.24) is 10.2 Å². The average Bonchev–Trinajstić information content (AvgIpc) is 2.49. The van der Waals surface area contributed by atoms with Crippen LogP contribution in [-0.4, -0.2) is 48.7 Å². The molecule has 2 fully saturated rings. The van der Waals surface area contributed by atoms with Crippen LogP contribution in [0.15, 0.2) is 0 Å². The maximum absolute atomic E-state index is 11.7. The Bertz CT molecular complexity index is 317. The highest BCUT2D eigenvalue weighted by Gasteiger charge is 2.29.